The molecule has 1 heterocycles. The molecule has 0 bridgehead atoms. The molecule has 2 amide bonds. The van der Waals surface area contributed by atoms with Crippen LogP contribution < -0.4 is 14.8 Å². The maximum absolute atomic E-state index is 13.1. The highest BCUT2D eigenvalue weighted by atomic mass is 32.2. The van der Waals surface area contributed by atoms with E-state index in [1.54, 1.807) is 47.4 Å². The molecule has 1 saturated heterocycles. The smallest absolute Gasteiger partial charge is 0.266 e. The van der Waals surface area contributed by atoms with Gasteiger partial charge in [-0.3, -0.25) is 14.5 Å². The summed E-state index contributed by atoms with van der Waals surface area (Å²) >= 11 is 6.79. The Bertz CT molecular complexity index is 1280. The van der Waals surface area contributed by atoms with Crippen molar-refractivity contribution in [1.82, 2.24) is 4.90 Å². The molecule has 0 radical (unpaired) electrons. The van der Waals surface area contributed by atoms with Crippen LogP contribution in [-0.4, -0.2) is 34.2 Å². The van der Waals surface area contributed by atoms with Gasteiger partial charge in [-0.1, -0.05) is 66.4 Å². The van der Waals surface area contributed by atoms with E-state index in [-0.39, 0.29) is 24.5 Å². The number of thiocarbonyl (C=S) groups is 1. The third-order valence-electron chi connectivity index (χ3n) is 5.47. The predicted octanol–water partition coefficient (Wildman–Crippen LogP) is 6.07. The number of benzene rings is 3. The molecule has 6 nitrogen and oxygen atoms in total. The van der Waals surface area contributed by atoms with E-state index in [4.69, 9.17) is 21.7 Å². The lowest BCUT2D eigenvalue weighted by Gasteiger charge is -2.23. The molecule has 0 spiro atoms. The van der Waals surface area contributed by atoms with Crippen LogP contribution in [0.1, 0.15) is 31.0 Å². The van der Waals surface area contributed by atoms with Gasteiger partial charge in [0.2, 0.25) is 0 Å². The molecule has 4 rings (SSSR count). The average Bonchev–Trinajstić information content (AvgIpc) is 3.16. The predicted molar refractivity (Wildman–Crippen MR) is 148 cm³/mol. The molecule has 3 aromatic carbocycles. The molecular weight excluding hydrogens is 492 g/mol. The van der Waals surface area contributed by atoms with Gasteiger partial charge in [-0.25, -0.2) is 0 Å². The second kappa shape index (κ2) is 11.9. The Morgan fingerprint density at radius 2 is 1.78 bits per heavy atom. The molecule has 0 aromatic heterocycles. The number of ether oxygens (including phenoxy) is 2. The van der Waals surface area contributed by atoms with E-state index in [1.807, 2.05) is 56.3 Å². The molecule has 36 heavy (non-hydrogen) atoms. The Hall–Kier alpha value is -3.62. The van der Waals surface area contributed by atoms with Gasteiger partial charge in [0, 0.05) is 5.69 Å². The molecule has 0 unspecified atom stereocenters. The maximum Gasteiger partial charge on any atom is 0.266 e. The summed E-state index contributed by atoms with van der Waals surface area (Å²) in [6, 6.07) is 24.1. The first-order valence-corrected chi connectivity index (χ1v) is 12.7. The van der Waals surface area contributed by atoms with Crippen molar-refractivity contribution < 1.29 is 19.1 Å². The molecule has 1 atom stereocenters. The van der Waals surface area contributed by atoms with Crippen molar-refractivity contribution in [2.75, 3.05) is 18.5 Å². The number of hydrogen-bond acceptors (Lipinski definition) is 6. The van der Waals surface area contributed by atoms with Gasteiger partial charge in [0.15, 0.2) is 6.61 Å². The fraction of sp³-hybridized carbons (Fsp3) is 0.179. The zero-order chi connectivity index (χ0) is 25.5. The van der Waals surface area contributed by atoms with E-state index in [9.17, 15) is 9.59 Å². The first kappa shape index (κ1) is 25.5. The summed E-state index contributed by atoms with van der Waals surface area (Å²) in [4.78, 5) is 27.6. The minimum absolute atomic E-state index is 0.123. The summed E-state index contributed by atoms with van der Waals surface area (Å²) in [5, 5.41) is 2.80. The fourth-order valence-corrected chi connectivity index (χ4v) is 5.11. The van der Waals surface area contributed by atoms with Gasteiger partial charge >= 0.3 is 0 Å². The number of rotatable bonds is 9. The average molecular weight is 519 g/mol. The summed E-state index contributed by atoms with van der Waals surface area (Å²) in [7, 11) is 0. The highest BCUT2D eigenvalue weighted by Gasteiger charge is 2.35. The molecule has 1 aliphatic rings. The monoisotopic (exact) mass is 518 g/mol. The Labute approximate surface area is 220 Å². The van der Waals surface area contributed by atoms with Crippen molar-refractivity contribution in [2.24, 2.45) is 0 Å². The summed E-state index contributed by atoms with van der Waals surface area (Å²) < 4.78 is 11.6. The molecule has 0 aliphatic carbocycles. The highest BCUT2D eigenvalue weighted by Crippen LogP contribution is 2.38. The zero-order valence-electron chi connectivity index (χ0n) is 20.0. The number of anilines is 1. The van der Waals surface area contributed by atoms with Crippen LogP contribution in [-0.2, 0) is 9.59 Å². The molecular formula is C28H26N2O4S2. The van der Waals surface area contributed by atoms with E-state index in [2.05, 4.69) is 5.32 Å². The molecule has 1 aliphatic heterocycles. The van der Waals surface area contributed by atoms with Crippen LogP contribution >= 0.6 is 24.0 Å². The van der Waals surface area contributed by atoms with Crippen LogP contribution in [0.2, 0.25) is 0 Å². The van der Waals surface area contributed by atoms with Gasteiger partial charge < -0.3 is 14.8 Å². The van der Waals surface area contributed by atoms with Crippen molar-refractivity contribution in [2.45, 2.75) is 19.9 Å². The quantitative estimate of drug-likeness (QED) is 0.274. The van der Waals surface area contributed by atoms with Crippen molar-refractivity contribution in [1.29, 1.82) is 0 Å². The normalized spacial score (nSPS) is 15.2. The summed E-state index contributed by atoms with van der Waals surface area (Å²) in [5.41, 5.74) is 2.47. The van der Waals surface area contributed by atoms with Gasteiger partial charge in [-0.05, 0) is 67.4 Å². The number of carbonyl (C=O) groups excluding carboxylic acids is 2. The van der Waals surface area contributed by atoms with Crippen molar-refractivity contribution in [3.05, 3.63) is 94.9 Å². The van der Waals surface area contributed by atoms with E-state index < -0.39 is 0 Å². The van der Waals surface area contributed by atoms with Gasteiger partial charge in [-0.2, -0.15) is 0 Å². The Balaban J connectivity index is 1.37. The van der Waals surface area contributed by atoms with E-state index in [0.29, 0.717) is 27.3 Å². The van der Waals surface area contributed by atoms with Crippen LogP contribution in [0.15, 0.2) is 83.8 Å². The van der Waals surface area contributed by atoms with E-state index in [1.165, 1.54) is 11.8 Å². The summed E-state index contributed by atoms with van der Waals surface area (Å²) in [6.07, 6.45) is 1.80. The van der Waals surface area contributed by atoms with Crippen molar-refractivity contribution >= 4 is 51.9 Å². The van der Waals surface area contributed by atoms with Crippen LogP contribution in [0.4, 0.5) is 5.69 Å². The van der Waals surface area contributed by atoms with E-state index >= 15 is 0 Å². The molecule has 1 N–H and O–H groups in total. The molecule has 3 aromatic rings. The third kappa shape index (κ3) is 6.33. The Morgan fingerprint density at radius 1 is 1.03 bits per heavy atom. The van der Waals surface area contributed by atoms with Crippen molar-refractivity contribution in [3.63, 3.8) is 0 Å². The van der Waals surface area contributed by atoms with Gasteiger partial charge in [0.1, 0.15) is 15.8 Å². The lowest BCUT2D eigenvalue weighted by molar-refractivity contribution is -0.123. The van der Waals surface area contributed by atoms with Crippen LogP contribution in [0, 0.1) is 0 Å². The van der Waals surface area contributed by atoms with Crippen LogP contribution in [0.25, 0.3) is 6.08 Å². The van der Waals surface area contributed by atoms with Gasteiger partial charge in [0.05, 0.1) is 17.6 Å². The zero-order valence-corrected chi connectivity index (χ0v) is 21.6. The number of nitrogens with zero attached hydrogens (tertiary/aromatic N) is 1. The minimum atomic E-state index is -0.277. The SMILES string of the molecule is CCOc1ccc(NC(=O)COc2cccc(/C=C3\SC(=S)N([C@@H](C)c4ccccc4)C3=O)c2)cc1. The lowest BCUT2D eigenvalue weighted by atomic mass is 10.1. The van der Waals surface area contributed by atoms with Crippen LogP contribution in [0.5, 0.6) is 11.5 Å². The van der Waals surface area contributed by atoms with Crippen LogP contribution in [0.3, 0.4) is 0 Å². The molecule has 184 valence electrons. The van der Waals surface area contributed by atoms with Crippen molar-refractivity contribution in [3.8, 4) is 11.5 Å². The van der Waals surface area contributed by atoms with Gasteiger partial charge in [0.25, 0.3) is 11.8 Å². The summed E-state index contributed by atoms with van der Waals surface area (Å²) in [5.74, 6) is 0.872. The first-order valence-electron chi connectivity index (χ1n) is 11.5. The number of hydrogen-bond donors (Lipinski definition) is 1. The second-order valence-electron chi connectivity index (χ2n) is 8.01. The van der Waals surface area contributed by atoms with Gasteiger partial charge in [-0.15, -0.1) is 0 Å². The molecule has 8 heteroatoms. The number of thioether (sulfide) groups is 1. The maximum atomic E-state index is 13.1. The minimum Gasteiger partial charge on any atom is -0.494 e. The first-order chi connectivity index (χ1) is 17.4. The molecule has 1 fully saturated rings. The third-order valence-corrected chi connectivity index (χ3v) is 6.80. The molecule has 0 saturated carbocycles. The topological polar surface area (TPSA) is 67.9 Å². The highest BCUT2D eigenvalue weighted by molar-refractivity contribution is 8.26. The van der Waals surface area contributed by atoms with E-state index in [0.717, 1.165) is 16.9 Å². The number of carbonyl (C=O) groups is 2. The Morgan fingerprint density at radius 3 is 2.50 bits per heavy atom. The number of amides is 2. The fourth-order valence-electron chi connectivity index (χ4n) is 3.69. The number of nitrogens with one attached hydrogen (secondary N) is 1. The Kier molecular flexibility index (Phi) is 8.40. The standard InChI is InChI=1S/C28H26N2O4S2/c1-3-33-23-14-12-22(13-15-23)29-26(31)18-34-24-11-7-8-20(16-24)17-25-27(32)30(28(35)36-25)19(2)21-9-5-4-6-10-21/h4-17,19H,3,18H2,1-2H3,(H,29,31)/b25-17-/t19-/m0/s1. The second-order valence-corrected chi connectivity index (χ2v) is 9.68. The largest absolute Gasteiger partial charge is 0.494 e. The lowest BCUT2D eigenvalue weighted by Crippen LogP contribution is -2.30. The summed E-state index contributed by atoms with van der Waals surface area (Å²) in [6.45, 7) is 4.32.